The molecule has 1 saturated heterocycles. The Labute approximate surface area is 190 Å². The third-order valence-electron chi connectivity index (χ3n) is 6.24. The van der Waals surface area contributed by atoms with E-state index >= 15 is 0 Å². The van der Waals surface area contributed by atoms with Crippen LogP contribution in [0.15, 0.2) is 56.4 Å². The zero-order chi connectivity index (χ0) is 21.4. The van der Waals surface area contributed by atoms with Gasteiger partial charge in [0, 0.05) is 23.1 Å². The molecule has 5 rings (SSSR count). The van der Waals surface area contributed by atoms with Gasteiger partial charge in [0.05, 0.1) is 10.8 Å². The molecule has 0 saturated carbocycles. The number of benzene rings is 2. The first-order valence-corrected chi connectivity index (χ1v) is 13.0. The van der Waals surface area contributed by atoms with Gasteiger partial charge in [0.15, 0.2) is 0 Å². The highest BCUT2D eigenvalue weighted by atomic mass is 79.9. The van der Waals surface area contributed by atoms with E-state index < -0.39 is 10.0 Å². The second kappa shape index (κ2) is 8.48. The number of rotatable bonds is 4. The summed E-state index contributed by atoms with van der Waals surface area (Å²) in [6.45, 7) is 0.880. The zero-order valence-electron chi connectivity index (χ0n) is 17.1. The minimum absolute atomic E-state index is 0.0992. The summed E-state index contributed by atoms with van der Waals surface area (Å²) in [6, 6.07) is 13.3. The Morgan fingerprint density at radius 3 is 2.58 bits per heavy atom. The fraction of sp³-hybridized carbons (Fsp3) is 0.391. The standard InChI is InChI=1S/C23H24BrN3O3S/c24-20-10-7-17(8-11-20)22-25-23(30-26-22)19-6-3-13-27(15-19)31(28,29)21-12-9-16-4-1-2-5-18(16)14-21/h7-12,14,19H,1-6,13,15H2. The van der Waals surface area contributed by atoms with Crippen LogP contribution in [0.1, 0.15) is 48.6 Å². The van der Waals surface area contributed by atoms with E-state index in [1.165, 1.54) is 17.5 Å². The molecule has 162 valence electrons. The molecule has 0 bridgehead atoms. The number of fused-ring (bicyclic) bond motifs is 1. The van der Waals surface area contributed by atoms with Crippen molar-refractivity contribution in [2.24, 2.45) is 0 Å². The highest BCUT2D eigenvalue weighted by molar-refractivity contribution is 9.10. The maximum Gasteiger partial charge on any atom is 0.243 e. The highest BCUT2D eigenvalue weighted by Gasteiger charge is 2.33. The van der Waals surface area contributed by atoms with Crippen LogP contribution < -0.4 is 0 Å². The summed E-state index contributed by atoms with van der Waals surface area (Å²) in [5.41, 5.74) is 3.33. The minimum atomic E-state index is -3.55. The second-order valence-electron chi connectivity index (χ2n) is 8.30. The van der Waals surface area contributed by atoms with Crippen LogP contribution in [0.25, 0.3) is 11.4 Å². The first-order valence-electron chi connectivity index (χ1n) is 10.7. The van der Waals surface area contributed by atoms with Gasteiger partial charge >= 0.3 is 0 Å². The molecule has 0 amide bonds. The molecular formula is C23H24BrN3O3S. The quantitative estimate of drug-likeness (QED) is 0.505. The predicted molar refractivity (Wildman–Crippen MR) is 121 cm³/mol. The zero-order valence-corrected chi connectivity index (χ0v) is 19.5. The van der Waals surface area contributed by atoms with E-state index in [0.717, 1.165) is 42.1 Å². The smallest absolute Gasteiger partial charge is 0.243 e. The largest absolute Gasteiger partial charge is 0.339 e. The van der Waals surface area contributed by atoms with Crippen molar-refractivity contribution in [1.29, 1.82) is 0 Å². The molecule has 2 aliphatic rings. The van der Waals surface area contributed by atoms with Crippen LogP contribution in [0.4, 0.5) is 0 Å². The summed E-state index contributed by atoms with van der Waals surface area (Å²) in [5.74, 6) is 0.929. The monoisotopic (exact) mass is 501 g/mol. The van der Waals surface area contributed by atoms with E-state index in [1.807, 2.05) is 36.4 Å². The molecule has 1 aliphatic carbocycles. The second-order valence-corrected chi connectivity index (χ2v) is 11.2. The molecular weight excluding hydrogens is 478 g/mol. The van der Waals surface area contributed by atoms with Crippen molar-refractivity contribution in [3.63, 3.8) is 0 Å². The summed E-state index contributed by atoms with van der Waals surface area (Å²) >= 11 is 3.42. The third-order valence-corrected chi connectivity index (χ3v) is 8.63. The summed E-state index contributed by atoms with van der Waals surface area (Å²) in [6.07, 6.45) is 5.91. The van der Waals surface area contributed by atoms with Crippen LogP contribution >= 0.6 is 15.9 Å². The Hall–Kier alpha value is -2.03. The van der Waals surface area contributed by atoms with Crippen LogP contribution in [0.3, 0.4) is 0 Å². The van der Waals surface area contributed by atoms with E-state index in [-0.39, 0.29) is 5.92 Å². The Morgan fingerprint density at radius 2 is 1.77 bits per heavy atom. The van der Waals surface area contributed by atoms with Gasteiger partial charge in [-0.25, -0.2) is 8.42 Å². The number of halogens is 1. The van der Waals surface area contributed by atoms with Crippen molar-refractivity contribution in [1.82, 2.24) is 14.4 Å². The summed E-state index contributed by atoms with van der Waals surface area (Å²) < 4.78 is 34.8. The Bertz CT molecular complexity index is 1190. The molecule has 0 spiro atoms. The summed E-state index contributed by atoms with van der Waals surface area (Å²) in [5, 5.41) is 4.12. The number of hydrogen-bond acceptors (Lipinski definition) is 5. The van der Waals surface area contributed by atoms with Gasteiger partial charge in [-0.1, -0.05) is 27.2 Å². The Morgan fingerprint density at radius 1 is 1.00 bits per heavy atom. The van der Waals surface area contributed by atoms with Gasteiger partial charge in [-0.15, -0.1) is 0 Å². The van der Waals surface area contributed by atoms with Gasteiger partial charge in [-0.3, -0.25) is 0 Å². The third kappa shape index (κ3) is 4.21. The predicted octanol–water partition coefficient (Wildman–Crippen LogP) is 4.95. The first kappa shape index (κ1) is 20.8. The lowest BCUT2D eigenvalue weighted by Gasteiger charge is -2.30. The van der Waals surface area contributed by atoms with Crippen molar-refractivity contribution < 1.29 is 12.9 Å². The molecule has 8 heteroatoms. The van der Waals surface area contributed by atoms with Crippen molar-refractivity contribution in [2.45, 2.75) is 49.3 Å². The molecule has 0 radical (unpaired) electrons. The van der Waals surface area contributed by atoms with Crippen LogP contribution in [0, 0.1) is 0 Å². The SMILES string of the molecule is O=S(=O)(c1ccc2c(c1)CCCC2)N1CCCC(c2nc(-c3ccc(Br)cc3)no2)C1. The maximum absolute atomic E-state index is 13.4. The molecule has 3 aromatic rings. The van der Waals surface area contributed by atoms with Gasteiger partial charge in [-0.05, 0) is 86.1 Å². The number of piperidine rings is 1. The number of aryl methyl sites for hydroxylation is 2. The lowest BCUT2D eigenvalue weighted by Crippen LogP contribution is -2.39. The lowest BCUT2D eigenvalue weighted by atomic mass is 9.92. The molecule has 1 aliphatic heterocycles. The highest BCUT2D eigenvalue weighted by Crippen LogP contribution is 2.32. The number of aromatic nitrogens is 2. The average Bonchev–Trinajstić information content (AvgIpc) is 3.30. The Kier molecular flexibility index (Phi) is 5.71. The van der Waals surface area contributed by atoms with Gasteiger partial charge in [0.1, 0.15) is 0 Å². The van der Waals surface area contributed by atoms with Crippen LogP contribution in [0.5, 0.6) is 0 Å². The molecule has 1 aromatic heterocycles. The van der Waals surface area contributed by atoms with Crippen molar-refractivity contribution >= 4 is 26.0 Å². The van der Waals surface area contributed by atoms with E-state index in [1.54, 1.807) is 10.4 Å². The number of sulfonamides is 1. The maximum atomic E-state index is 13.4. The molecule has 2 aromatic carbocycles. The van der Waals surface area contributed by atoms with E-state index in [0.29, 0.717) is 29.7 Å². The van der Waals surface area contributed by atoms with Crippen molar-refractivity contribution in [2.75, 3.05) is 13.1 Å². The van der Waals surface area contributed by atoms with Crippen molar-refractivity contribution in [3.8, 4) is 11.4 Å². The van der Waals surface area contributed by atoms with E-state index in [4.69, 9.17) is 4.52 Å². The number of hydrogen-bond donors (Lipinski definition) is 0. The molecule has 6 nitrogen and oxygen atoms in total. The van der Waals surface area contributed by atoms with Gasteiger partial charge in [0.2, 0.25) is 21.7 Å². The number of nitrogens with zero attached hydrogens (tertiary/aromatic N) is 3. The Balaban J connectivity index is 1.36. The van der Waals surface area contributed by atoms with Gasteiger partial charge in [-0.2, -0.15) is 9.29 Å². The summed E-state index contributed by atoms with van der Waals surface area (Å²) in [4.78, 5) is 4.96. The van der Waals surface area contributed by atoms with Crippen LogP contribution in [-0.2, 0) is 22.9 Å². The molecule has 1 atom stereocenters. The van der Waals surface area contributed by atoms with Gasteiger partial charge in [0.25, 0.3) is 0 Å². The fourth-order valence-electron chi connectivity index (χ4n) is 4.50. The van der Waals surface area contributed by atoms with Crippen LogP contribution in [-0.4, -0.2) is 36.0 Å². The topological polar surface area (TPSA) is 76.3 Å². The molecule has 1 fully saturated rings. The molecule has 31 heavy (non-hydrogen) atoms. The molecule has 2 heterocycles. The first-order chi connectivity index (χ1) is 15.0. The van der Waals surface area contributed by atoms with Crippen molar-refractivity contribution in [3.05, 3.63) is 64.0 Å². The minimum Gasteiger partial charge on any atom is -0.339 e. The van der Waals surface area contributed by atoms with E-state index in [9.17, 15) is 8.42 Å². The lowest BCUT2D eigenvalue weighted by molar-refractivity contribution is 0.265. The molecule has 0 N–H and O–H groups in total. The summed E-state index contributed by atoms with van der Waals surface area (Å²) in [7, 11) is -3.55. The normalized spacial score (nSPS) is 19.8. The average molecular weight is 502 g/mol. The fourth-order valence-corrected chi connectivity index (χ4v) is 6.34. The van der Waals surface area contributed by atoms with E-state index in [2.05, 4.69) is 26.1 Å². The van der Waals surface area contributed by atoms with Crippen LogP contribution in [0.2, 0.25) is 0 Å². The molecule has 1 unspecified atom stereocenters. The van der Waals surface area contributed by atoms with Gasteiger partial charge < -0.3 is 4.52 Å².